The maximum Gasteiger partial charge on any atom is 0.323 e. The third kappa shape index (κ3) is 4.07. The van der Waals surface area contributed by atoms with Gasteiger partial charge in [0.1, 0.15) is 6.54 Å². The van der Waals surface area contributed by atoms with E-state index in [1.54, 1.807) is 12.4 Å². The molecule has 3 heterocycles. The van der Waals surface area contributed by atoms with Crippen molar-refractivity contribution in [3.63, 3.8) is 0 Å². The summed E-state index contributed by atoms with van der Waals surface area (Å²) in [6, 6.07) is 14.3. The summed E-state index contributed by atoms with van der Waals surface area (Å²) in [5, 5.41) is 11.8. The van der Waals surface area contributed by atoms with Gasteiger partial charge in [-0.2, -0.15) is 0 Å². The van der Waals surface area contributed by atoms with Crippen LogP contribution in [0.5, 0.6) is 0 Å². The number of anilines is 2. The molecule has 1 aromatic carbocycles. The van der Waals surface area contributed by atoms with Crippen LogP contribution >= 0.6 is 0 Å². The number of rotatable bonds is 5. The molecule has 0 fully saturated rings. The summed E-state index contributed by atoms with van der Waals surface area (Å²) in [6.45, 7) is 0.683. The number of nitrogens with zero attached hydrogens (tertiary/aromatic N) is 3. The zero-order chi connectivity index (χ0) is 21.1. The van der Waals surface area contributed by atoms with Crippen LogP contribution in [0.4, 0.5) is 11.4 Å². The molecule has 4 rings (SSSR count). The monoisotopic (exact) mass is 404 g/mol. The zero-order valence-electron chi connectivity index (χ0n) is 16.1. The summed E-state index contributed by atoms with van der Waals surface area (Å²) in [6.07, 6.45) is 4.82. The largest absolute Gasteiger partial charge is 0.480 e. The molecule has 0 bridgehead atoms. The van der Waals surface area contributed by atoms with Gasteiger partial charge in [-0.3, -0.25) is 19.4 Å². The number of hydrogen-bond acceptors (Lipinski definition) is 5. The van der Waals surface area contributed by atoms with E-state index < -0.39 is 24.0 Å². The second-order valence-corrected chi connectivity index (χ2v) is 7.11. The van der Waals surface area contributed by atoms with Crippen molar-refractivity contribution in [3.8, 4) is 0 Å². The first-order chi connectivity index (χ1) is 14.5. The summed E-state index contributed by atoms with van der Waals surface area (Å²) in [5.41, 5.74) is 2.87. The van der Waals surface area contributed by atoms with Crippen LogP contribution < -0.4 is 15.8 Å². The van der Waals surface area contributed by atoms with E-state index in [0.717, 1.165) is 21.4 Å². The predicted octanol–water partition coefficient (Wildman–Crippen LogP) is 2.07. The summed E-state index contributed by atoms with van der Waals surface area (Å²) < 4.78 is 1.05. The first-order valence-corrected chi connectivity index (χ1v) is 9.47. The molecule has 0 unspecified atom stereocenters. The normalized spacial score (nSPS) is 15.3. The van der Waals surface area contributed by atoms with E-state index in [9.17, 15) is 14.4 Å². The minimum Gasteiger partial charge on any atom is -0.480 e. The quantitative estimate of drug-likeness (QED) is 0.675. The van der Waals surface area contributed by atoms with Gasteiger partial charge in [0.15, 0.2) is 0 Å². The number of fused-ring (bicyclic) bond motifs is 1. The van der Waals surface area contributed by atoms with Crippen molar-refractivity contribution < 1.29 is 14.7 Å². The number of carboxylic acid groups (broad SMARTS) is 1. The lowest BCUT2D eigenvalue weighted by Gasteiger charge is -2.35. The molecule has 152 valence electrons. The molecule has 1 aliphatic heterocycles. The van der Waals surface area contributed by atoms with Crippen molar-refractivity contribution in [2.75, 3.05) is 16.8 Å². The van der Waals surface area contributed by atoms with Gasteiger partial charge in [0.2, 0.25) is 5.91 Å². The number of aliphatic carboxylic acids is 1. The van der Waals surface area contributed by atoms with Gasteiger partial charge in [-0.25, -0.2) is 0 Å². The van der Waals surface area contributed by atoms with Crippen molar-refractivity contribution in [2.45, 2.75) is 19.0 Å². The van der Waals surface area contributed by atoms with Crippen molar-refractivity contribution in [1.82, 2.24) is 9.55 Å². The van der Waals surface area contributed by atoms with Gasteiger partial charge < -0.3 is 19.9 Å². The van der Waals surface area contributed by atoms with Crippen molar-refractivity contribution >= 4 is 23.3 Å². The molecular formula is C22H20N4O4. The van der Waals surface area contributed by atoms with E-state index in [-0.39, 0.29) is 5.91 Å². The first-order valence-electron chi connectivity index (χ1n) is 9.47. The number of amides is 1. The number of carbonyl (C=O) groups excluding carboxylic acids is 1. The summed E-state index contributed by atoms with van der Waals surface area (Å²) >= 11 is 0. The number of benzene rings is 1. The van der Waals surface area contributed by atoms with Gasteiger partial charge in [-0.1, -0.05) is 24.3 Å². The van der Waals surface area contributed by atoms with Crippen LogP contribution in [0.3, 0.4) is 0 Å². The SMILES string of the molecule is O=C(O)Cn1cc(NC(=O)[C@@H]2CN(c3cccnc3)Cc3ccccc32)ccc1=O. The Labute approximate surface area is 172 Å². The number of hydrogen-bond donors (Lipinski definition) is 2. The number of nitrogens with one attached hydrogen (secondary N) is 1. The molecule has 1 atom stereocenters. The van der Waals surface area contributed by atoms with E-state index in [1.165, 1.54) is 18.3 Å². The van der Waals surface area contributed by atoms with Gasteiger partial charge in [-0.15, -0.1) is 0 Å². The summed E-state index contributed by atoms with van der Waals surface area (Å²) in [7, 11) is 0. The smallest absolute Gasteiger partial charge is 0.323 e. The fourth-order valence-electron chi connectivity index (χ4n) is 3.67. The molecule has 30 heavy (non-hydrogen) atoms. The molecule has 0 saturated heterocycles. The van der Waals surface area contributed by atoms with E-state index in [2.05, 4.69) is 15.2 Å². The number of pyridine rings is 2. The molecule has 2 N–H and O–H groups in total. The topological polar surface area (TPSA) is 105 Å². The molecule has 8 heteroatoms. The Morgan fingerprint density at radius 2 is 1.97 bits per heavy atom. The van der Waals surface area contributed by atoms with Gasteiger partial charge >= 0.3 is 5.97 Å². The molecule has 0 spiro atoms. The summed E-state index contributed by atoms with van der Waals surface area (Å²) in [5.74, 6) is -1.79. The highest BCUT2D eigenvalue weighted by Crippen LogP contribution is 2.32. The highest BCUT2D eigenvalue weighted by atomic mass is 16.4. The molecule has 0 saturated carbocycles. The predicted molar refractivity (Wildman–Crippen MR) is 111 cm³/mol. The lowest BCUT2D eigenvalue weighted by molar-refractivity contribution is -0.137. The Morgan fingerprint density at radius 1 is 1.13 bits per heavy atom. The van der Waals surface area contributed by atoms with E-state index in [1.807, 2.05) is 36.4 Å². The molecule has 1 aliphatic rings. The fraction of sp³-hybridized carbons (Fsp3) is 0.182. The third-order valence-electron chi connectivity index (χ3n) is 5.08. The van der Waals surface area contributed by atoms with Crippen LogP contribution in [0.2, 0.25) is 0 Å². The third-order valence-corrected chi connectivity index (χ3v) is 5.08. The van der Waals surface area contributed by atoms with E-state index in [0.29, 0.717) is 18.8 Å². The van der Waals surface area contributed by atoms with E-state index >= 15 is 0 Å². The van der Waals surface area contributed by atoms with Crippen LogP contribution in [0.25, 0.3) is 0 Å². The lowest BCUT2D eigenvalue weighted by atomic mass is 9.88. The van der Waals surface area contributed by atoms with Gasteiger partial charge in [0, 0.05) is 31.5 Å². The Kier molecular flexibility index (Phi) is 5.30. The average Bonchev–Trinajstić information content (AvgIpc) is 2.75. The van der Waals surface area contributed by atoms with Gasteiger partial charge in [-0.05, 0) is 29.3 Å². The minimum atomic E-state index is -1.13. The zero-order valence-corrected chi connectivity index (χ0v) is 16.1. The lowest BCUT2D eigenvalue weighted by Crippen LogP contribution is -2.39. The molecule has 0 aliphatic carbocycles. The molecule has 0 radical (unpaired) electrons. The highest BCUT2D eigenvalue weighted by molar-refractivity contribution is 5.96. The summed E-state index contributed by atoms with van der Waals surface area (Å²) in [4.78, 5) is 42.2. The Hall–Kier alpha value is -3.94. The molecule has 3 aromatic rings. The molecule has 2 aromatic heterocycles. The van der Waals surface area contributed by atoms with Crippen molar-refractivity contribution in [1.29, 1.82) is 0 Å². The number of carboxylic acids is 1. The van der Waals surface area contributed by atoms with Crippen LogP contribution in [-0.2, 0) is 22.7 Å². The van der Waals surface area contributed by atoms with Gasteiger partial charge in [0.05, 0.1) is 23.5 Å². The number of aromatic nitrogens is 2. The second-order valence-electron chi connectivity index (χ2n) is 7.11. The fourth-order valence-corrected chi connectivity index (χ4v) is 3.67. The Bertz CT molecular complexity index is 1140. The molecule has 8 nitrogen and oxygen atoms in total. The maximum absolute atomic E-state index is 13.2. The maximum atomic E-state index is 13.2. The van der Waals surface area contributed by atoms with Gasteiger partial charge in [0.25, 0.3) is 5.56 Å². The first kappa shape index (κ1) is 19.4. The van der Waals surface area contributed by atoms with Crippen LogP contribution in [0.1, 0.15) is 17.0 Å². The standard InChI is InChI=1S/C22H20N4O4/c27-20-8-7-16(12-26(20)14-21(28)29)24-22(30)19-13-25(17-5-3-9-23-10-17)11-15-4-1-2-6-18(15)19/h1-10,12,19H,11,13-14H2,(H,24,30)(H,28,29)/t19-/m1/s1. The van der Waals surface area contributed by atoms with Crippen molar-refractivity contribution in [2.24, 2.45) is 0 Å². The van der Waals surface area contributed by atoms with Crippen LogP contribution in [0.15, 0.2) is 71.9 Å². The van der Waals surface area contributed by atoms with Crippen LogP contribution in [0, 0.1) is 0 Å². The Morgan fingerprint density at radius 3 is 2.73 bits per heavy atom. The van der Waals surface area contributed by atoms with E-state index in [4.69, 9.17) is 5.11 Å². The van der Waals surface area contributed by atoms with Crippen molar-refractivity contribution in [3.05, 3.63) is 88.6 Å². The Balaban J connectivity index is 1.61. The van der Waals surface area contributed by atoms with Crippen LogP contribution in [-0.4, -0.2) is 33.1 Å². The highest BCUT2D eigenvalue weighted by Gasteiger charge is 2.30. The number of carbonyl (C=O) groups is 2. The average molecular weight is 404 g/mol. The second kappa shape index (κ2) is 8.20. The molecule has 1 amide bonds. The minimum absolute atomic E-state index is 0.225. The molecular weight excluding hydrogens is 384 g/mol.